The second-order valence-corrected chi connectivity index (χ2v) is 4.82. The van der Waals surface area contributed by atoms with E-state index >= 15 is 0 Å². The normalized spacial score (nSPS) is 39.2. The maximum atomic E-state index is 10.3. The molecule has 0 spiro atoms. The number of likely N-dealkylation sites (tertiary alicyclic amines) is 1. The van der Waals surface area contributed by atoms with Gasteiger partial charge in [0.1, 0.15) is 5.60 Å². The third kappa shape index (κ3) is 2.10. The number of nitrogens with zero attached hydrogens (tertiary/aromatic N) is 1. The Bertz CT molecular complexity index is 205. The Balaban J connectivity index is 1.89. The van der Waals surface area contributed by atoms with E-state index in [1.807, 2.05) is 6.92 Å². The van der Waals surface area contributed by atoms with Gasteiger partial charge < -0.3 is 9.84 Å². The van der Waals surface area contributed by atoms with E-state index < -0.39 is 5.60 Å². The van der Waals surface area contributed by atoms with Crippen molar-refractivity contribution in [2.75, 3.05) is 19.8 Å². The lowest BCUT2D eigenvalue weighted by Gasteiger charge is -2.23. The Labute approximate surface area is 86.0 Å². The predicted octanol–water partition coefficient (Wildman–Crippen LogP) is 1.01. The summed E-state index contributed by atoms with van der Waals surface area (Å²) in [6.45, 7) is 6.18. The zero-order valence-corrected chi connectivity index (χ0v) is 9.20. The highest BCUT2D eigenvalue weighted by Crippen LogP contribution is 2.37. The zero-order chi connectivity index (χ0) is 10.2. The molecule has 1 aliphatic carbocycles. The summed E-state index contributed by atoms with van der Waals surface area (Å²) in [6, 6.07) is 1.27. The number of rotatable bonds is 4. The lowest BCUT2D eigenvalue weighted by Crippen LogP contribution is -2.38. The maximum Gasteiger partial charge on any atom is 0.102 e. The summed E-state index contributed by atoms with van der Waals surface area (Å²) < 4.78 is 5.34. The summed E-state index contributed by atoms with van der Waals surface area (Å²) in [4.78, 5) is 2.44. The van der Waals surface area contributed by atoms with Gasteiger partial charge in [-0.05, 0) is 33.1 Å². The molecule has 2 unspecified atom stereocenters. The first-order valence-corrected chi connectivity index (χ1v) is 5.70. The van der Waals surface area contributed by atoms with E-state index in [-0.39, 0.29) is 0 Å². The first-order chi connectivity index (χ1) is 6.64. The second-order valence-electron chi connectivity index (χ2n) is 4.82. The summed E-state index contributed by atoms with van der Waals surface area (Å²) in [5.41, 5.74) is -0.585. The predicted molar refractivity (Wildman–Crippen MR) is 55.2 cm³/mol. The Morgan fingerprint density at radius 3 is 2.79 bits per heavy atom. The molecule has 0 radical (unpaired) electrons. The van der Waals surface area contributed by atoms with Crippen molar-refractivity contribution in [3.05, 3.63) is 0 Å². The van der Waals surface area contributed by atoms with Gasteiger partial charge in [-0.15, -0.1) is 0 Å². The van der Waals surface area contributed by atoms with Crippen LogP contribution in [0.2, 0.25) is 0 Å². The van der Waals surface area contributed by atoms with Crippen molar-refractivity contribution >= 4 is 0 Å². The van der Waals surface area contributed by atoms with E-state index in [4.69, 9.17) is 4.74 Å². The number of aliphatic hydroxyl groups is 1. The number of hydrogen-bond acceptors (Lipinski definition) is 3. The largest absolute Gasteiger partial charge is 0.386 e. The maximum absolute atomic E-state index is 10.3. The van der Waals surface area contributed by atoms with Crippen molar-refractivity contribution in [2.45, 2.75) is 50.8 Å². The van der Waals surface area contributed by atoms with Crippen LogP contribution in [0, 0.1) is 0 Å². The van der Waals surface area contributed by atoms with Gasteiger partial charge in [-0.3, -0.25) is 4.90 Å². The molecule has 2 fully saturated rings. The van der Waals surface area contributed by atoms with Crippen LogP contribution in [0.4, 0.5) is 0 Å². The van der Waals surface area contributed by atoms with Crippen LogP contribution >= 0.6 is 0 Å². The topological polar surface area (TPSA) is 32.7 Å². The molecule has 82 valence electrons. The van der Waals surface area contributed by atoms with Crippen LogP contribution in [0.15, 0.2) is 0 Å². The zero-order valence-electron chi connectivity index (χ0n) is 9.20. The van der Waals surface area contributed by atoms with Crippen molar-refractivity contribution < 1.29 is 9.84 Å². The molecule has 2 atom stereocenters. The summed E-state index contributed by atoms with van der Waals surface area (Å²) >= 11 is 0. The van der Waals surface area contributed by atoms with E-state index in [9.17, 15) is 5.11 Å². The van der Waals surface area contributed by atoms with Gasteiger partial charge in [-0.1, -0.05) is 0 Å². The first kappa shape index (κ1) is 10.4. The molecule has 2 aliphatic rings. The third-order valence-corrected chi connectivity index (χ3v) is 3.31. The van der Waals surface area contributed by atoms with Crippen LogP contribution in [0.5, 0.6) is 0 Å². The quantitative estimate of drug-likeness (QED) is 0.733. The molecule has 0 aromatic carbocycles. The minimum Gasteiger partial charge on any atom is -0.386 e. The minimum atomic E-state index is -0.585. The number of hydrogen-bond donors (Lipinski definition) is 1. The van der Waals surface area contributed by atoms with Crippen molar-refractivity contribution in [1.82, 2.24) is 4.90 Å². The molecule has 1 aliphatic heterocycles. The van der Waals surface area contributed by atoms with E-state index in [1.165, 1.54) is 12.8 Å². The lowest BCUT2D eigenvalue weighted by atomic mass is 10.0. The molecular weight excluding hydrogens is 178 g/mol. The van der Waals surface area contributed by atoms with Crippen LogP contribution in [-0.2, 0) is 4.74 Å². The van der Waals surface area contributed by atoms with Gasteiger partial charge in [0.15, 0.2) is 0 Å². The average Bonchev–Trinajstić information content (AvgIpc) is 2.91. The van der Waals surface area contributed by atoms with E-state index in [0.717, 1.165) is 19.0 Å². The van der Waals surface area contributed by atoms with Gasteiger partial charge in [0.2, 0.25) is 0 Å². The summed E-state index contributed by atoms with van der Waals surface area (Å²) in [5.74, 6) is 0. The molecule has 1 saturated carbocycles. The van der Waals surface area contributed by atoms with Gasteiger partial charge in [-0.2, -0.15) is 0 Å². The van der Waals surface area contributed by atoms with Gasteiger partial charge in [-0.25, -0.2) is 0 Å². The van der Waals surface area contributed by atoms with Crippen molar-refractivity contribution in [2.24, 2.45) is 0 Å². The molecule has 3 heteroatoms. The Kier molecular flexibility index (Phi) is 2.82. The highest BCUT2D eigenvalue weighted by molar-refractivity contribution is 5.00. The van der Waals surface area contributed by atoms with Crippen LogP contribution < -0.4 is 0 Å². The molecule has 2 rings (SSSR count). The minimum absolute atomic E-state index is 0.497. The SMILES string of the molecule is CCOCC1(O)CC(C)N(C2CC2)C1. The Morgan fingerprint density at radius 2 is 2.21 bits per heavy atom. The van der Waals surface area contributed by atoms with E-state index in [2.05, 4.69) is 11.8 Å². The molecule has 0 aromatic heterocycles. The van der Waals surface area contributed by atoms with E-state index in [0.29, 0.717) is 19.3 Å². The van der Waals surface area contributed by atoms with Crippen LogP contribution in [0.1, 0.15) is 33.1 Å². The average molecular weight is 199 g/mol. The second kappa shape index (κ2) is 3.80. The van der Waals surface area contributed by atoms with Crippen molar-refractivity contribution in [3.8, 4) is 0 Å². The fraction of sp³-hybridized carbons (Fsp3) is 1.00. The fourth-order valence-corrected chi connectivity index (χ4v) is 2.52. The van der Waals surface area contributed by atoms with E-state index in [1.54, 1.807) is 0 Å². The molecule has 14 heavy (non-hydrogen) atoms. The lowest BCUT2D eigenvalue weighted by molar-refractivity contribution is -0.0359. The number of ether oxygens (including phenoxy) is 1. The fourth-order valence-electron chi connectivity index (χ4n) is 2.52. The van der Waals surface area contributed by atoms with Gasteiger partial charge in [0.05, 0.1) is 6.61 Å². The Morgan fingerprint density at radius 1 is 1.50 bits per heavy atom. The summed E-state index contributed by atoms with van der Waals surface area (Å²) in [6.07, 6.45) is 3.49. The molecule has 0 bridgehead atoms. The molecule has 1 saturated heterocycles. The van der Waals surface area contributed by atoms with Gasteiger partial charge in [0, 0.05) is 25.2 Å². The molecule has 1 N–H and O–H groups in total. The van der Waals surface area contributed by atoms with Crippen LogP contribution in [0.3, 0.4) is 0 Å². The smallest absolute Gasteiger partial charge is 0.102 e. The standard InChI is InChI=1S/C11H21NO2/c1-3-14-8-11(13)6-9(2)12(7-11)10-4-5-10/h9-10,13H,3-8H2,1-2H3. The molecular formula is C11H21NO2. The monoisotopic (exact) mass is 199 g/mol. The van der Waals surface area contributed by atoms with Crippen LogP contribution in [-0.4, -0.2) is 47.4 Å². The van der Waals surface area contributed by atoms with Crippen LogP contribution in [0.25, 0.3) is 0 Å². The molecule has 1 heterocycles. The summed E-state index contributed by atoms with van der Waals surface area (Å²) in [5, 5.41) is 10.3. The highest BCUT2D eigenvalue weighted by atomic mass is 16.5. The summed E-state index contributed by atoms with van der Waals surface area (Å²) in [7, 11) is 0. The van der Waals surface area contributed by atoms with Gasteiger partial charge in [0.25, 0.3) is 0 Å². The molecule has 0 amide bonds. The first-order valence-electron chi connectivity index (χ1n) is 5.70. The Hall–Kier alpha value is -0.120. The third-order valence-electron chi connectivity index (χ3n) is 3.31. The molecule has 0 aromatic rings. The number of β-amino-alcohol motifs (C(OH)–C–C–N with tert-alkyl or cyclic N) is 1. The van der Waals surface area contributed by atoms with Gasteiger partial charge >= 0.3 is 0 Å². The highest BCUT2D eigenvalue weighted by Gasteiger charge is 2.45. The van der Waals surface area contributed by atoms with Crippen molar-refractivity contribution in [3.63, 3.8) is 0 Å². The van der Waals surface area contributed by atoms with Crippen molar-refractivity contribution in [1.29, 1.82) is 0 Å². The molecule has 3 nitrogen and oxygen atoms in total.